The maximum Gasteiger partial charge on any atom is 0.267 e. The van der Waals surface area contributed by atoms with Gasteiger partial charge in [-0.3, -0.25) is 4.79 Å². The van der Waals surface area contributed by atoms with Crippen LogP contribution in [-0.2, 0) is 58.6 Å². The number of carbonyl (C=O) groups is 1. The van der Waals surface area contributed by atoms with Crippen LogP contribution in [0.25, 0.3) is 0 Å². The predicted octanol–water partition coefficient (Wildman–Crippen LogP) is 9.24. The summed E-state index contributed by atoms with van der Waals surface area (Å²) in [5, 5.41) is -0.196. The third-order valence-corrected chi connectivity index (χ3v) is 14.2. The van der Waals surface area contributed by atoms with Gasteiger partial charge in [0.25, 0.3) is 10.9 Å². The molecule has 6 atom stereocenters. The Bertz CT molecular complexity index is 1860. The van der Waals surface area contributed by atoms with Gasteiger partial charge in [0.15, 0.2) is 6.29 Å². The van der Waals surface area contributed by atoms with Crippen LogP contribution in [-0.4, -0.2) is 53.8 Å². The minimum absolute atomic E-state index is 0.139. The Labute approximate surface area is 342 Å². The maximum absolute atomic E-state index is 14.6. The molecule has 0 amide bonds. The van der Waals surface area contributed by atoms with Gasteiger partial charge in [-0.25, -0.2) is 0 Å². The molecule has 4 saturated carbocycles. The average molecular weight is 873 g/mol. The van der Waals surface area contributed by atoms with Crippen molar-refractivity contribution in [3.8, 4) is 0 Å². The van der Waals surface area contributed by atoms with Crippen LogP contribution in [0.1, 0.15) is 60.8 Å². The molecule has 6 fully saturated rings. The molecule has 4 aromatic carbocycles. The molecule has 0 spiro atoms. The monoisotopic (exact) mass is 872 g/mol. The summed E-state index contributed by atoms with van der Waals surface area (Å²) in [5.41, 5.74) is 3.70. The molecule has 4 aliphatic carbocycles. The van der Waals surface area contributed by atoms with Crippen LogP contribution in [0, 0.1) is 21.3 Å². The fourth-order valence-electron chi connectivity index (χ4n) is 10.1. The molecule has 55 heavy (non-hydrogen) atoms. The van der Waals surface area contributed by atoms with Crippen molar-refractivity contribution in [1.29, 1.82) is 0 Å². The lowest BCUT2D eigenvalue weighted by Gasteiger charge is -2.58. The van der Waals surface area contributed by atoms with E-state index in [0.717, 1.165) is 36.8 Å². The number of halogens is 1. The van der Waals surface area contributed by atoms with Crippen molar-refractivity contribution < 1.29 is 33.2 Å². The first-order valence-electron chi connectivity index (χ1n) is 19.9. The number of thioether (sulfide) groups is 1. The van der Waals surface area contributed by atoms with E-state index in [0.29, 0.717) is 42.3 Å². The van der Waals surface area contributed by atoms with Crippen LogP contribution in [0.3, 0.4) is 0 Å². The van der Waals surface area contributed by atoms with Crippen LogP contribution in [0.15, 0.2) is 115 Å². The van der Waals surface area contributed by atoms with Crippen molar-refractivity contribution in [2.45, 2.75) is 100 Å². The fourth-order valence-corrected chi connectivity index (χ4v) is 11.7. The van der Waals surface area contributed by atoms with Crippen molar-refractivity contribution in [3.63, 3.8) is 0 Å². The Balaban J connectivity index is 1.04. The molecule has 4 aromatic rings. The van der Waals surface area contributed by atoms with E-state index in [1.54, 1.807) is 0 Å². The van der Waals surface area contributed by atoms with Crippen LogP contribution >= 0.6 is 34.4 Å². The molecule has 0 N–H and O–H groups in total. The van der Waals surface area contributed by atoms with Gasteiger partial charge in [-0.15, -0.1) is 0 Å². The molecular formula is C46H49IO7S. The van der Waals surface area contributed by atoms with Gasteiger partial charge in [-0.05, 0) is 108 Å². The standard InChI is InChI=1S/C46H49IO7S/c47-38-19-11-10-16-36(38)20-21-55-44(48)46(37-17-8-3-9-18-37)51-30-39-40(53-46)41(49-28-31-12-4-1-5-13-31)42(50-29-32-14-6-2-7-15-32)43(52-39)54-45-25-33-22-34(26-45)24-35(23-33)27-45/h1-19,33-35,39-43H,20-30H2/t33?,34?,35?,39-,40-,41+,42+,43+,45?,46+/m1/s1. The van der Waals surface area contributed by atoms with Gasteiger partial charge in [-0.2, -0.15) is 0 Å². The lowest BCUT2D eigenvalue weighted by molar-refractivity contribution is -0.405. The summed E-state index contributed by atoms with van der Waals surface area (Å²) in [6.45, 7) is 0.830. The van der Waals surface area contributed by atoms with Crippen LogP contribution in [0.4, 0.5) is 0 Å². The largest absolute Gasteiger partial charge is 0.368 e. The second-order valence-corrected chi connectivity index (χ2v) is 18.4. The first-order valence-corrected chi connectivity index (χ1v) is 21.9. The number of aryl methyl sites for hydroxylation is 1. The molecular weight excluding hydrogens is 823 g/mol. The lowest BCUT2D eigenvalue weighted by atomic mass is 9.54. The molecule has 2 heterocycles. The number of hydrogen-bond acceptors (Lipinski definition) is 8. The quantitative estimate of drug-likeness (QED) is 0.123. The van der Waals surface area contributed by atoms with E-state index < -0.39 is 36.5 Å². The van der Waals surface area contributed by atoms with Gasteiger partial charge >= 0.3 is 0 Å². The fraction of sp³-hybridized carbons (Fsp3) is 0.457. The highest BCUT2D eigenvalue weighted by molar-refractivity contribution is 14.1. The Morgan fingerprint density at radius 1 is 0.727 bits per heavy atom. The minimum atomic E-state index is -1.66. The zero-order chi connectivity index (χ0) is 37.2. The molecule has 0 aromatic heterocycles. The molecule has 7 nitrogen and oxygen atoms in total. The van der Waals surface area contributed by atoms with Gasteiger partial charge in [0, 0.05) is 14.9 Å². The van der Waals surface area contributed by atoms with E-state index in [1.807, 2.05) is 78.9 Å². The third-order valence-electron chi connectivity index (χ3n) is 12.2. The van der Waals surface area contributed by atoms with E-state index >= 15 is 0 Å². The van der Waals surface area contributed by atoms with E-state index in [1.165, 1.54) is 40.2 Å². The Morgan fingerprint density at radius 3 is 1.91 bits per heavy atom. The molecule has 0 unspecified atom stereocenters. The van der Waals surface area contributed by atoms with Crippen molar-refractivity contribution in [2.24, 2.45) is 17.8 Å². The van der Waals surface area contributed by atoms with Crippen LogP contribution in [0.5, 0.6) is 0 Å². The molecule has 6 aliphatic rings. The number of fused-ring (bicyclic) bond motifs is 1. The zero-order valence-electron chi connectivity index (χ0n) is 31.0. The number of rotatable bonds is 13. The first kappa shape index (κ1) is 37.9. The summed E-state index contributed by atoms with van der Waals surface area (Å²) in [7, 11) is 0. The zero-order valence-corrected chi connectivity index (χ0v) is 34.0. The summed E-state index contributed by atoms with van der Waals surface area (Å²) >= 11 is 3.60. The first-order chi connectivity index (χ1) is 27.0. The topological polar surface area (TPSA) is 72.5 Å². The molecule has 288 valence electrons. The maximum atomic E-state index is 14.6. The number of ether oxygens (including phenoxy) is 6. The van der Waals surface area contributed by atoms with Crippen LogP contribution < -0.4 is 0 Å². The van der Waals surface area contributed by atoms with Crippen LogP contribution in [0.2, 0.25) is 0 Å². The molecule has 2 saturated heterocycles. The van der Waals surface area contributed by atoms with Gasteiger partial charge in [0.05, 0.1) is 25.4 Å². The van der Waals surface area contributed by atoms with E-state index in [-0.39, 0.29) is 17.3 Å². The smallest absolute Gasteiger partial charge is 0.267 e. The molecule has 9 heteroatoms. The summed E-state index contributed by atoms with van der Waals surface area (Å²) in [5.74, 6) is 1.05. The van der Waals surface area contributed by atoms with Crippen molar-refractivity contribution in [2.75, 3.05) is 12.4 Å². The Morgan fingerprint density at radius 2 is 1.29 bits per heavy atom. The average Bonchev–Trinajstić information content (AvgIpc) is 3.20. The highest BCUT2D eigenvalue weighted by atomic mass is 127. The van der Waals surface area contributed by atoms with Crippen molar-refractivity contribution >= 4 is 39.5 Å². The highest BCUT2D eigenvalue weighted by Gasteiger charge is 2.60. The Kier molecular flexibility index (Phi) is 11.5. The molecule has 4 bridgehead atoms. The van der Waals surface area contributed by atoms with Gasteiger partial charge in [0.1, 0.15) is 24.4 Å². The molecule has 0 radical (unpaired) electrons. The minimum Gasteiger partial charge on any atom is -0.368 e. The third kappa shape index (κ3) is 8.23. The normalized spacial score (nSPS) is 33.6. The highest BCUT2D eigenvalue weighted by Crippen LogP contribution is 2.58. The van der Waals surface area contributed by atoms with E-state index in [4.69, 9.17) is 28.4 Å². The lowest BCUT2D eigenvalue weighted by Crippen LogP contribution is -2.68. The number of carbonyl (C=O) groups excluding carboxylic acids is 1. The van der Waals surface area contributed by atoms with E-state index in [2.05, 4.69) is 59.0 Å². The van der Waals surface area contributed by atoms with Gasteiger partial charge in [-0.1, -0.05) is 121 Å². The summed E-state index contributed by atoms with van der Waals surface area (Å²) in [6.07, 6.45) is 4.69. The molecule has 10 rings (SSSR count). The van der Waals surface area contributed by atoms with Gasteiger partial charge in [0.2, 0.25) is 0 Å². The van der Waals surface area contributed by atoms with E-state index in [9.17, 15) is 4.79 Å². The second kappa shape index (κ2) is 16.7. The second-order valence-electron chi connectivity index (χ2n) is 16.1. The Hall–Kier alpha value is -2.61. The summed E-state index contributed by atoms with van der Waals surface area (Å²) in [4.78, 5) is 14.6. The SMILES string of the molecule is O=C(SCCc1ccccc1I)[C@@]1(c2ccccc2)OC[C@H]2O[C@@H](OC34CC5CC(CC(C5)C3)C4)[C@@H](OCc3ccccc3)[C@@H](OCc3ccccc3)[C@@H]2O1. The number of hydrogen-bond donors (Lipinski definition) is 0. The summed E-state index contributed by atoms with van der Waals surface area (Å²) < 4.78 is 43.1. The van der Waals surface area contributed by atoms with Gasteiger partial charge < -0.3 is 28.4 Å². The molecule has 2 aliphatic heterocycles. The van der Waals surface area contributed by atoms with Crippen molar-refractivity contribution in [1.82, 2.24) is 0 Å². The summed E-state index contributed by atoms with van der Waals surface area (Å²) in [6, 6.07) is 38.2. The predicted molar refractivity (Wildman–Crippen MR) is 220 cm³/mol. The van der Waals surface area contributed by atoms with Crippen molar-refractivity contribution in [3.05, 3.63) is 141 Å². The number of benzene rings is 4.